The Balaban J connectivity index is 1.85. The minimum atomic E-state index is -1.70. The second-order valence-electron chi connectivity index (χ2n) is 7.93. The van der Waals surface area contributed by atoms with E-state index in [1.165, 1.54) is 6.07 Å². The third-order valence-corrected chi connectivity index (χ3v) is 5.46. The minimum Gasteiger partial charge on any atom is -0.545 e. The van der Waals surface area contributed by atoms with Crippen LogP contribution in [0, 0.1) is 5.41 Å². The van der Waals surface area contributed by atoms with E-state index in [9.17, 15) is 29.4 Å². The first-order chi connectivity index (χ1) is 17.1. The van der Waals surface area contributed by atoms with E-state index < -0.39 is 46.8 Å². The zero-order chi connectivity index (χ0) is 26.4. The Labute approximate surface area is 206 Å². The maximum atomic E-state index is 13.2. The Morgan fingerprint density at radius 2 is 1.42 bits per heavy atom. The summed E-state index contributed by atoms with van der Waals surface area (Å²) in [6, 6.07) is 17.3. The largest absolute Gasteiger partial charge is 0.545 e. The van der Waals surface area contributed by atoms with Crippen LogP contribution in [-0.4, -0.2) is 29.6 Å². The zero-order valence-electron chi connectivity index (χ0n) is 19.1. The number of nitrogens with one attached hydrogen (secondary N) is 3. The lowest BCUT2D eigenvalue weighted by Gasteiger charge is -2.22. The van der Waals surface area contributed by atoms with Crippen molar-refractivity contribution in [3.63, 3.8) is 0 Å². The number of nitrogen functional groups attached to an aromatic ring is 1. The van der Waals surface area contributed by atoms with Gasteiger partial charge in [-0.25, -0.2) is 0 Å². The van der Waals surface area contributed by atoms with E-state index in [0.29, 0.717) is 22.4 Å². The number of carbonyl (C=O) groups excluding carboxylic acids is 4. The van der Waals surface area contributed by atoms with Crippen molar-refractivity contribution in [2.24, 2.45) is 5.73 Å². The molecule has 10 heteroatoms. The van der Waals surface area contributed by atoms with Crippen molar-refractivity contribution in [1.29, 1.82) is 5.41 Å². The highest BCUT2D eigenvalue weighted by Gasteiger charge is 2.30. The van der Waals surface area contributed by atoms with Crippen LogP contribution >= 0.6 is 0 Å². The van der Waals surface area contributed by atoms with Crippen LogP contribution in [0.4, 0.5) is 5.69 Å². The minimum absolute atomic E-state index is 0.127. The Hall–Kier alpha value is -4.99. The van der Waals surface area contributed by atoms with Crippen molar-refractivity contribution in [2.75, 3.05) is 5.32 Å². The van der Waals surface area contributed by atoms with Crippen LogP contribution in [-0.2, 0) is 9.59 Å². The maximum Gasteiger partial charge on any atom is 0.241 e. The van der Waals surface area contributed by atoms with Crippen LogP contribution in [0.1, 0.15) is 56.3 Å². The van der Waals surface area contributed by atoms with Crippen LogP contribution in [0.25, 0.3) is 0 Å². The van der Waals surface area contributed by atoms with Crippen LogP contribution in [0.2, 0.25) is 0 Å². The summed E-state index contributed by atoms with van der Waals surface area (Å²) in [4.78, 5) is 49.0. The fourth-order valence-electron chi connectivity index (χ4n) is 3.57. The van der Waals surface area contributed by atoms with Crippen molar-refractivity contribution in [3.05, 3.63) is 101 Å². The van der Waals surface area contributed by atoms with Crippen LogP contribution in [0.3, 0.4) is 0 Å². The van der Waals surface area contributed by atoms with Crippen molar-refractivity contribution < 1.29 is 29.4 Å². The molecule has 0 heterocycles. The highest BCUT2D eigenvalue weighted by atomic mass is 16.4. The molecule has 10 nitrogen and oxygen atoms in total. The molecule has 0 aliphatic carbocycles. The van der Waals surface area contributed by atoms with Crippen LogP contribution < -0.4 is 26.6 Å². The molecule has 3 rings (SSSR count). The Morgan fingerprint density at radius 3 is 1.97 bits per heavy atom. The number of hydrogen-bond acceptors (Lipinski definition) is 7. The van der Waals surface area contributed by atoms with Gasteiger partial charge in [-0.15, -0.1) is 0 Å². The number of aromatic carboxylic acids is 2. The van der Waals surface area contributed by atoms with Gasteiger partial charge in [0, 0.05) is 22.4 Å². The van der Waals surface area contributed by atoms with Gasteiger partial charge in [0.05, 0.1) is 18.0 Å². The third kappa shape index (κ3) is 5.92. The normalized spacial score (nSPS) is 12.1. The SMILES string of the molecule is CC(NC(=O)C(C(=O)Nc1ccc(C(=N)N)cc1)c1ccccc1)c1ccc(C(=O)[O-])c(C(=O)[O-])c1. The molecule has 3 aromatic carbocycles. The summed E-state index contributed by atoms with van der Waals surface area (Å²) in [6.07, 6.45) is 0. The molecule has 36 heavy (non-hydrogen) atoms. The van der Waals surface area contributed by atoms with Crippen molar-refractivity contribution in [3.8, 4) is 0 Å². The number of nitrogens with two attached hydrogens (primary N) is 1. The third-order valence-electron chi connectivity index (χ3n) is 5.46. The number of rotatable bonds is 9. The Bertz CT molecular complexity index is 1320. The first kappa shape index (κ1) is 25.6. The number of anilines is 1. The van der Waals surface area contributed by atoms with Gasteiger partial charge in [-0.05, 0) is 48.4 Å². The van der Waals surface area contributed by atoms with Gasteiger partial charge in [0.2, 0.25) is 11.8 Å². The van der Waals surface area contributed by atoms with Gasteiger partial charge in [0.25, 0.3) is 0 Å². The summed E-state index contributed by atoms with van der Waals surface area (Å²) in [6.45, 7) is 1.56. The number of carboxylic acid groups (broad SMARTS) is 2. The molecular weight excluding hydrogens is 464 g/mol. The fourth-order valence-corrected chi connectivity index (χ4v) is 3.57. The quantitative estimate of drug-likeness (QED) is 0.190. The van der Waals surface area contributed by atoms with E-state index in [1.54, 1.807) is 61.5 Å². The molecule has 0 aliphatic rings. The van der Waals surface area contributed by atoms with Gasteiger partial charge in [-0.1, -0.05) is 42.5 Å². The summed E-state index contributed by atoms with van der Waals surface area (Å²) < 4.78 is 0. The highest BCUT2D eigenvalue weighted by Crippen LogP contribution is 2.23. The molecule has 0 saturated carbocycles. The molecule has 184 valence electrons. The number of amidine groups is 1. The smallest absolute Gasteiger partial charge is 0.241 e. The van der Waals surface area contributed by atoms with Gasteiger partial charge in [-0.2, -0.15) is 0 Å². The molecule has 0 aromatic heterocycles. The molecule has 0 aliphatic heterocycles. The molecule has 2 atom stereocenters. The van der Waals surface area contributed by atoms with Gasteiger partial charge in [-0.3, -0.25) is 15.0 Å². The number of hydrogen-bond donors (Lipinski definition) is 4. The van der Waals surface area contributed by atoms with Crippen molar-refractivity contribution in [1.82, 2.24) is 5.32 Å². The molecular formula is C26H22N4O6-2. The number of benzene rings is 3. The molecule has 0 radical (unpaired) electrons. The number of carboxylic acids is 2. The second kappa shape index (κ2) is 11.0. The van der Waals surface area contributed by atoms with Gasteiger partial charge < -0.3 is 36.2 Å². The average molecular weight is 486 g/mol. The second-order valence-corrected chi connectivity index (χ2v) is 7.93. The molecule has 2 unspecified atom stereocenters. The maximum absolute atomic E-state index is 13.2. The number of amides is 2. The fraction of sp³-hybridized carbons (Fsp3) is 0.115. The zero-order valence-corrected chi connectivity index (χ0v) is 19.1. The van der Waals surface area contributed by atoms with Crippen LogP contribution in [0.15, 0.2) is 72.8 Å². The molecule has 0 fully saturated rings. The summed E-state index contributed by atoms with van der Waals surface area (Å²) in [5.74, 6) is -6.04. The predicted molar refractivity (Wildman–Crippen MR) is 127 cm³/mol. The summed E-state index contributed by atoms with van der Waals surface area (Å²) >= 11 is 0. The van der Waals surface area contributed by atoms with E-state index in [0.717, 1.165) is 12.1 Å². The predicted octanol–water partition coefficient (Wildman–Crippen LogP) is 0.297. The first-order valence-electron chi connectivity index (χ1n) is 10.8. The topological polar surface area (TPSA) is 188 Å². The van der Waals surface area contributed by atoms with E-state index in [1.807, 2.05) is 0 Å². The first-order valence-corrected chi connectivity index (χ1v) is 10.8. The monoisotopic (exact) mass is 486 g/mol. The van der Waals surface area contributed by atoms with Crippen molar-refractivity contribution in [2.45, 2.75) is 18.9 Å². The Morgan fingerprint density at radius 1 is 0.806 bits per heavy atom. The lowest BCUT2D eigenvalue weighted by atomic mass is 9.95. The van der Waals surface area contributed by atoms with E-state index in [2.05, 4.69) is 10.6 Å². The molecule has 3 aromatic rings. The highest BCUT2D eigenvalue weighted by molar-refractivity contribution is 6.11. The summed E-state index contributed by atoms with van der Waals surface area (Å²) in [7, 11) is 0. The Kier molecular flexibility index (Phi) is 7.80. The van der Waals surface area contributed by atoms with E-state index in [-0.39, 0.29) is 5.84 Å². The molecule has 0 bridgehead atoms. The molecule has 2 amide bonds. The number of carbonyl (C=O) groups is 4. The molecule has 5 N–H and O–H groups in total. The average Bonchev–Trinajstić information content (AvgIpc) is 2.84. The standard InChI is InChI=1S/C26H24N4O6/c1-14(17-9-12-19(25(33)34)20(13-17)26(35)36)29-23(31)21(15-5-3-2-4-6-15)24(32)30-18-10-7-16(8-11-18)22(27)28/h2-14,21H,1H3,(H3,27,28)(H,29,31)(H,30,32)(H,33,34)(H,35,36)/p-2. The molecule has 0 saturated heterocycles. The lowest BCUT2D eigenvalue weighted by Crippen LogP contribution is -2.38. The van der Waals surface area contributed by atoms with E-state index >= 15 is 0 Å². The summed E-state index contributed by atoms with van der Waals surface area (Å²) in [5, 5.41) is 35.4. The van der Waals surface area contributed by atoms with Gasteiger partial charge >= 0.3 is 0 Å². The van der Waals surface area contributed by atoms with Crippen molar-refractivity contribution >= 4 is 35.3 Å². The lowest BCUT2D eigenvalue weighted by molar-refractivity contribution is -0.259. The van der Waals surface area contributed by atoms with E-state index in [4.69, 9.17) is 11.1 Å². The molecule has 0 spiro atoms. The van der Waals surface area contributed by atoms with Gasteiger partial charge in [0.1, 0.15) is 11.8 Å². The van der Waals surface area contributed by atoms with Crippen LogP contribution in [0.5, 0.6) is 0 Å². The van der Waals surface area contributed by atoms with Gasteiger partial charge in [0.15, 0.2) is 0 Å². The summed E-state index contributed by atoms with van der Waals surface area (Å²) in [5.41, 5.74) is 5.89.